The van der Waals surface area contributed by atoms with Gasteiger partial charge in [-0.25, -0.2) is 0 Å². The van der Waals surface area contributed by atoms with Crippen molar-refractivity contribution >= 4 is 11.8 Å². The highest BCUT2D eigenvalue weighted by molar-refractivity contribution is 5.76. The quantitative estimate of drug-likeness (QED) is 0.484. The van der Waals surface area contributed by atoms with Crippen molar-refractivity contribution in [3.05, 3.63) is 0 Å². The van der Waals surface area contributed by atoms with Crippen molar-refractivity contribution in [2.45, 2.75) is 38.5 Å². The molecular formula is C16H32N2O4. The minimum absolute atomic E-state index is 0.154. The molecule has 6 heteroatoms. The first-order valence-electron chi connectivity index (χ1n) is 7.98. The summed E-state index contributed by atoms with van der Waals surface area (Å²) >= 11 is 0. The summed E-state index contributed by atoms with van der Waals surface area (Å²) in [6.07, 6.45) is 4.39. The van der Waals surface area contributed by atoms with Crippen molar-refractivity contribution in [3.63, 3.8) is 0 Å². The summed E-state index contributed by atoms with van der Waals surface area (Å²) < 4.78 is 9.88. The number of carbonyl (C=O) groups excluding carboxylic acids is 2. The molecule has 0 radical (unpaired) electrons. The normalized spacial score (nSPS) is 10.5. The molecule has 0 aromatic rings. The molecule has 0 saturated heterocycles. The van der Waals surface area contributed by atoms with Gasteiger partial charge in [-0.05, 0) is 25.7 Å². The van der Waals surface area contributed by atoms with Gasteiger partial charge in [0.15, 0.2) is 0 Å². The number of ether oxygens (including phenoxy) is 2. The molecule has 0 fully saturated rings. The minimum Gasteiger partial charge on any atom is -0.385 e. The first-order valence-corrected chi connectivity index (χ1v) is 7.98. The fraction of sp³-hybridized carbons (Fsp3) is 0.875. The van der Waals surface area contributed by atoms with Gasteiger partial charge in [-0.2, -0.15) is 0 Å². The van der Waals surface area contributed by atoms with Crippen LogP contribution < -0.4 is 0 Å². The molecule has 0 N–H and O–H groups in total. The largest absolute Gasteiger partial charge is 0.385 e. The van der Waals surface area contributed by atoms with E-state index in [9.17, 15) is 9.59 Å². The molecule has 0 spiro atoms. The summed E-state index contributed by atoms with van der Waals surface area (Å²) in [6.45, 7) is 2.71. The molecule has 2 amide bonds. The van der Waals surface area contributed by atoms with Gasteiger partial charge < -0.3 is 19.3 Å². The van der Waals surface area contributed by atoms with Crippen LogP contribution >= 0.6 is 0 Å². The third kappa shape index (κ3) is 10.6. The predicted octanol–water partition coefficient (Wildman–Crippen LogP) is 1.54. The fourth-order valence-electron chi connectivity index (χ4n) is 2.06. The number of nitrogens with zero attached hydrogens (tertiary/aromatic N) is 2. The van der Waals surface area contributed by atoms with E-state index in [1.807, 2.05) is 14.1 Å². The van der Waals surface area contributed by atoms with Crippen molar-refractivity contribution in [2.75, 3.05) is 54.6 Å². The zero-order chi connectivity index (χ0) is 16.8. The van der Waals surface area contributed by atoms with Gasteiger partial charge in [0.25, 0.3) is 0 Å². The summed E-state index contributed by atoms with van der Waals surface area (Å²) in [6, 6.07) is 0. The number of carbonyl (C=O) groups is 2. The first kappa shape index (κ1) is 20.9. The molecule has 0 aromatic heterocycles. The standard InChI is InChI=1S/C16H32N2O4/c1-17(15(19)9-7-13-21-3)11-5-6-12-18(2)16(20)10-8-14-22-4/h5-14H2,1-4H3. The van der Waals surface area contributed by atoms with Crippen LogP contribution in [0.15, 0.2) is 0 Å². The van der Waals surface area contributed by atoms with Crippen LogP contribution in [0.3, 0.4) is 0 Å². The highest BCUT2D eigenvalue weighted by Gasteiger charge is 2.10. The van der Waals surface area contributed by atoms with Crippen LogP contribution in [0, 0.1) is 0 Å². The summed E-state index contributed by atoms with van der Waals surface area (Å²) in [7, 11) is 6.94. The van der Waals surface area contributed by atoms with Crippen LogP contribution in [0.4, 0.5) is 0 Å². The zero-order valence-corrected chi connectivity index (χ0v) is 14.6. The predicted molar refractivity (Wildman–Crippen MR) is 86.7 cm³/mol. The maximum Gasteiger partial charge on any atom is 0.222 e. The van der Waals surface area contributed by atoms with Gasteiger partial charge in [0.1, 0.15) is 0 Å². The highest BCUT2D eigenvalue weighted by atomic mass is 16.5. The topological polar surface area (TPSA) is 59.1 Å². The lowest BCUT2D eigenvalue weighted by molar-refractivity contribution is -0.131. The van der Waals surface area contributed by atoms with E-state index in [1.165, 1.54) is 0 Å². The second-order valence-electron chi connectivity index (χ2n) is 5.53. The van der Waals surface area contributed by atoms with E-state index in [2.05, 4.69) is 0 Å². The SMILES string of the molecule is COCCCC(=O)N(C)CCCCN(C)C(=O)CCCOC. The Morgan fingerprint density at radius 2 is 1.09 bits per heavy atom. The Morgan fingerprint density at radius 3 is 1.41 bits per heavy atom. The number of rotatable bonds is 13. The Labute approximate surface area is 134 Å². The molecule has 0 unspecified atom stereocenters. The third-order valence-corrected chi connectivity index (χ3v) is 3.57. The van der Waals surface area contributed by atoms with E-state index < -0.39 is 0 Å². The molecule has 6 nitrogen and oxygen atoms in total. The molecule has 0 aliphatic heterocycles. The number of methoxy groups -OCH3 is 2. The molecular weight excluding hydrogens is 284 g/mol. The number of unbranched alkanes of at least 4 members (excludes halogenated alkanes) is 1. The van der Waals surface area contributed by atoms with Gasteiger partial charge in [0.2, 0.25) is 11.8 Å². The second-order valence-corrected chi connectivity index (χ2v) is 5.53. The monoisotopic (exact) mass is 316 g/mol. The van der Waals surface area contributed by atoms with Crippen molar-refractivity contribution in [3.8, 4) is 0 Å². The Kier molecular flexibility index (Phi) is 12.8. The summed E-state index contributed by atoms with van der Waals surface area (Å²) in [5.74, 6) is 0.307. The van der Waals surface area contributed by atoms with Crippen molar-refractivity contribution in [1.29, 1.82) is 0 Å². The molecule has 0 atom stereocenters. The Morgan fingerprint density at radius 1 is 0.727 bits per heavy atom. The van der Waals surface area contributed by atoms with Gasteiger partial charge in [-0.3, -0.25) is 9.59 Å². The van der Waals surface area contributed by atoms with Crippen LogP contribution in [-0.4, -0.2) is 76.2 Å². The Bertz CT molecular complexity index is 281. The lowest BCUT2D eigenvalue weighted by Gasteiger charge is -2.19. The lowest BCUT2D eigenvalue weighted by Crippen LogP contribution is -2.30. The zero-order valence-electron chi connectivity index (χ0n) is 14.6. The molecule has 0 rings (SSSR count). The lowest BCUT2D eigenvalue weighted by atomic mass is 10.2. The van der Waals surface area contributed by atoms with E-state index in [0.717, 1.165) is 38.8 Å². The molecule has 0 bridgehead atoms. The van der Waals surface area contributed by atoms with Crippen molar-refractivity contribution in [2.24, 2.45) is 0 Å². The van der Waals surface area contributed by atoms with E-state index in [0.29, 0.717) is 26.1 Å². The Hall–Kier alpha value is -1.14. The maximum absolute atomic E-state index is 11.8. The second kappa shape index (κ2) is 13.5. The van der Waals surface area contributed by atoms with Gasteiger partial charge >= 0.3 is 0 Å². The van der Waals surface area contributed by atoms with Crippen LogP contribution in [0.25, 0.3) is 0 Å². The molecule has 0 aliphatic rings. The minimum atomic E-state index is 0.154. The van der Waals surface area contributed by atoms with E-state index in [-0.39, 0.29) is 11.8 Å². The van der Waals surface area contributed by atoms with E-state index in [4.69, 9.17) is 9.47 Å². The van der Waals surface area contributed by atoms with Crippen LogP contribution in [-0.2, 0) is 19.1 Å². The van der Waals surface area contributed by atoms with E-state index >= 15 is 0 Å². The highest BCUT2D eigenvalue weighted by Crippen LogP contribution is 2.02. The first-order chi connectivity index (χ1) is 10.5. The van der Waals surface area contributed by atoms with Gasteiger partial charge in [0, 0.05) is 67.5 Å². The summed E-state index contributed by atoms with van der Waals surface area (Å²) in [5.41, 5.74) is 0. The summed E-state index contributed by atoms with van der Waals surface area (Å²) in [4.78, 5) is 27.1. The molecule has 130 valence electrons. The molecule has 0 aromatic carbocycles. The maximum atomic E-state index is 11.8. The molecule has 0 saturated carbocycles. The fourth-order valence-corrected chi connectivity index (χ4v) is 2.06. The third-order valence-electron chi connectivity index (χ3n) is 3.57. The van der Waals surface area contributed by atoms with Crippen LogP contribution in [0.1, 0.15) is 38.5 Å². The van der Waals surface area contributed by atoms with E-state index in [1.54, 1.807) is 24.0 Å². The summed E-state index contributed by atoms with van der Waals surface area (Å²) in [5, 5.41) is 0. The van der Waals surface area contributed by atoms with Crippen LogP contribution in [0.2, 0.25) is 0 Å². The van der Waals surface area contributed by atoms with Crippen molar-refractivity contribution < 1.29 is 19.1 Å². The molecule has 0 aliphatic carbocycles. The molecule has 0 heterocycles. The average Bonchev–Trinajstić information content (AvgIpc) is 2.51. The molecule has 22 heavy (non-hydrogen) atoms. The van der Waals surface area contributed by atoms with Crippen molar-refractivity contribution in [1.82, 2.24) is 9.80 Å². The number of amides is 2. The van der Waals surface area contributed by atoms with Gasteiger partial charge in [-0.1, -0.05) is 0 Å². The Balaban J connectivity index is 3.69. The smallest absolute Gasteiger partial charge is 0.222 e. The average molecular weight is 316 g/mol. The van der Waals surface area contributed by atoms with Gasteiger partial charge in [-0.15, -0.1) is 0 Å². The van der Waals surface area contributed by atoms with Gasteiger partial charge in [0.05, 0.1) is 0 Å². The number of hydrogen-bond acceptors (Lipinski definition) is 4. The number of hydrogen-bond donors (Lipinski definition) is 0. The van der Waals surface area contributed by atoms with Crippen LogP contribution in [0.5, 0.6) is 0 Å².